The summed E-state index contributed by atoms with van der Waals surface area (Å²) in [6.07, 6.45) is 0.449. The van der Waals surface area contributed by atoms with Crippen LogP contribution < -0.4 is 5.73 Å². The van der Waals surface area contributed by atoms with Gasteiger partial charge in [-0.2, -0.15) is 0 Å². The summed E-state index contributed by atoms with van der Waals surface area (Å²) in [6.45, 7) is 0. The van der Waals surface area contributed by atoms with Crippen LogP contribution in [0, 0.1) is 0 Å². The smallest absolute Gasteiger partial charge is 0.230 e. The van der Waals surface area contributed by atoms with Crippen LogP contribution in [-0.2, 0) is 11.2 Å². The van der Waals surface area contributed by atoms with Crippen molar-refractivity contribution in [3.8, 4) is 0 Å². The van der Waals surface area contributed by atoms with Crippen LogP contribution in [0.25, 0.3) is 10.8 Å². The summed E-state index contributed by atoms with van der Waals surface area (Å²) >= 11 is 0. The van der Waals surface area contributed by atoms with Crippen molar-refractivity contribution in [2.24, 2.45) is 5.73 Å². The summed E-state index contributed by atoms with van der Waals surface area (Å²) in [5.41, 5.74) is 7.04. The highest BCUT2D eigenvalue weighted by molar-refractivity contribution is 6.46. The molecule has 0 bridgehead atoms. The second-order valence-electron chi connectivity index (χ2n) is 4.36. The number of carbonyl (C=O) groups excluding carboxylic acids is 2. The molecular weight excluding hydrogens is 214 g/mol. The highest BCUT2D eigenvalue weighted by Gasteiger charge is 2.31. The Morgan fingerprint density at radius 1 is 1.06 bits per heavy atom. The molecule has 0 aromatic heterocycles. The van der Waals surface area contributed by atoms with E-state index in [0.717, 1.165) is 16.3 Å². The van der Waals surface area contributed by atoms with Gasteiger partial charge in [-0.05, 0) is 28.8 Å². The van der Waals surface area contributed by atoms with E-state index in [0.29, 0.717) is 12.0 Å². The molecule has 2 aromatic carbocycles. The van der Waals surface area contributed by atoms with Crippen LogP contribution in [0.1, 0.15) is 15.9 Å². The molecule has 0 saturated carbocycles. The fourth-order valence-corrected chi connectivity index (χ4v) is 2.30. The SMILES string of the molecule is NC1Cc2cc3ccccc3cc2C(=O)C1=O. The third-order valence-corrected chi connectivity index (χ3v) is 3.22. The van der Waals surface area contributed by atoms with Crippen LogP contribution >= 0.6 is 0 Å². The van der Waals surface area contributed by atoms with Gasteiger partial charge in [-0.15, -0.1) is 0 Å². The van der Waals surface area contributed by atoms with E-state index in [1.54, 1.807) is 6.07 Å². The maximum absolute atomic E-state index is 11.8. The fourth-order valence-electron chi connectivity index (χ4n) is 2.30. The van der Waals surface area contributed by atoms with Crippen LogP contribution in [0.15, 0.2) is 36.4 Å². The van der Waals surface area contributed by atoms with Crippen molar-refractivity contribution in [1.82, 2.24) is 0 Å². The third kappa shape index (κ3) is 1.47. The van der Waals surface area contributed by atoms with Gasteiger partial charge in [0, 0.05) is 5.56 Å². The van der Waals surface area contributed by atoms with E-state index in [2.05, 4.69) is 0 Å². The minimum Gasteiger partial charge on any atom is -0.321 e. The van der Waals surface area contributed by atoms with Crippen molar-refractivity contribution in [3.05, 3.63) is 47.5 Å². The Morgan fingerprint density at radius 2 is 1.71 bits per heavy atom. The van der Waals surface area contributed by atoms with Crippen molar-refractivity contribution in [2.45, 2.75) is 12.5 Å². The van der Waals surface area contributed by atoms with Gasteiger partial charge in [0.15, 0.2) is 0 Å². The highest BCUT2D eigenvalue weighted by Crippen LogP contribution is 2.25. The lowest BCUT2D eigenvalue weighted by molar-refractivity contribution is -0.116. The molecule has 1 aliphatic rings. The Hall–Kier alpha value is -2.00. The van der Waals surface area contributed by atoms with E-state index in [9.17, 15) is 9.59 Å². The first kappa shape index (κ1) is 10.2. The van der Waals surface area contributed by atoms with Gasteiger partial charge in [0.25, 0.3) is 0 Å². The molecule has 3 rings (SSSR count). The predicted molar refractivity (Wildman–Crippen MR) is 65.0 cm³/mol. The van der Waals surface area contributed by atoms with E-state index >= 15 is 0 Å². The van der Waals surface area contributed by atoms with Gasteiger partial charge in [0.05, 0.1) is 6.04 Å². The topological polar surface area (TPSA) is 60.2 Å². The second-order valence-corrected chi connectivity index (χ2v) is 4.36. The van der Waals surface area contributed by atoms with Gasteiger partial charge in [0.2, 0.25) is 11.6 Å². The number of ketones is 2. The zero-order valence-electron chi connectivity index (χ0n) is 9.14. The summed E-state index contributed by atoms with van der Waals surface area (Å²) in [5.74, 6) is -0.933. The Labute approximate surface area is 98.2 Å². The molecule has 0 aliphatic heterocycles. The standard InChI is InChI=1S/C14H11NO2/c15-12-7-10-5-8-3-1-2-4-9(8)6-11(10)13(16)14(12)17/h1-6,12H,7,15H2. The molecule has 3 heteroatoms. The lowest BCUT2D eigenvalue weighted by Crippen LogP contribution is -2.42. The number of rotatable bonds is 0. The first-order valence-electron chi connectivity index (χ1n) is 5.52. The highest BCUT2D eigenvalue weighted by atomic mass is 16.2. The van der Waals surface area contributed by atoms with Gasteiger partial charge in [0.1, 0.15) is 0 Å². The molecule has 1 aliphatic carbocycles. The van der Waals surface area contributed by atoms with E-state index in [1.807, 2.05) is 30.3 Å². The minimum absolute atomic E-state index is 0.449. The first-order valence-corrected chi connectivity index (χ1v) is 5.52. The maximum Gasteiger partial charge on any atom is 0.230 e. The summed E-state index contributed by atoms with van der Waals surface area (Å²) in [6, 6.07) is 10.8. The summed E-state index contributed by atoms with van der Waals surface area (Å²) < 4.78 is 0. The van der Waals surface area contributed by atoms with Gasteiger partial charge in [-0.3, -0.25) is 9.59 Å². The molecule has 0 radical (unpaired) electrons. The Bertz CT molecular complexity index is 646. The number of fused-ring (bicyclic) bond motifs is 2. The monoisotopic (exact) mass is 225 g/mol. The molecule has 1 unspecified atom stereocenters. The molecule has 1 atom stereocenters. The van der Waals surface area contributed by atoms with Gasteiger partial charge >= 0.3 is 0 Å². The average Bonchev–Trinajstić information content (AvgIpc) is 2.34. The quantitative estimate of drug-likeness (QED) is 0.691. The molecule has 0 spiro atoms. The molecule has 0 saturated heterocycles. The Balaban J connectivity index is 2.28. The second kappa shape index (κ2) is 3.50. The number of hydrogen-bond donors (Lipinski definition) is 1. The van der Waals surface area contributed by atoms with Crippen molar-refractivity contribution < 1.29 is 9.59 Å². The number of Topliss-reactive ketones (excluding diaryl/α,β-unsaturated/α-hetero) is 2. The molecule has 84 valence electrons. The average molecular weight is 225 g/mol. The predicted octanol–water partition coefficient (Wildman–Crippen LogP) is 1.48. The van der Waals surface area contributed by atoms with Crippen molar-refractivity contribution >= 4 is 22.3 Å². The lowest BCUT2D eigenvalue weighted by atomic mass is 9.85. The zero-order chi connectivity index (χ0) is 12.0. The molecule has 17 heavy (non-hydrogen) atoms. The van der Waals surface area contributed by atoms with Crippen LogP contribution in [-0.4, -0.2) is 17.6 Å². The van der Waals surface area contributed by atoms with E-state index in [4.69, 9.17) is 5.73 Å². The summed E-state index contributed by atoms with van der Waals surface area (Å²) in [5, 5.41) is 2.04. The summed E-state index contributed by atoms with van der Waals surface area (Å²) in [4.78, 5) is 23.4. The molecule has 2 aromatic rings. The Kier molecular flexibility index (Phi) is 2.09. The van der Waals surface area contributed by atoms with Crippen molar-refractivity contribution in [2.75, 3.05) is 0 Å². The largest absolute Gasteiger partial charge is 0.321 e. The van der Waals surface area contributed by atoms with Crippen LogP contribution in [0.2, 0.25) is 0 Å². The normalized spacial score (nSPS) is 19.5. The van der Waals surface area contributed by atoms with Crippen molar-refractivity contribution in [3.63, 3.8) is 0 Å². The van der Waals surface area contributed by atoms with Crippen LogP contribution in [0.5, 0.6) is 0 Å². The van der Waals surface area contributed by atoms with Gasteiger partial charge in [-0.25, -0.2) is 0 Å². The number of carbonyl (C=O) groups is 2. The Morgan fingerprint density at radius 3 is 2.41 bits per heavy atom. The third-order valence-electron chi connectivity index (χ3n) is 3.22. The number of hydrogen-bond acceptors (Lipinski definition) is 3. The lowest BCUT2D eigenvalue weighted by Gasteiger charge is -2.19. The van der Waals surface area contributed by atoms with E-state index in [1.165, 1.54) is 0 Å². The molecular formula is C14H11NO2. The number of benzene rings is 2. The van der Waals surface area contributed by atoms with Gasteiger partial charge < -0.3 is 5.73 Å². The van der Waals surface area contributed by atoms with E-state index in [-0.39, 0.29) is 0 Å². The minimum atomic E-state index is -0.684. The maximum atomic E-state index is 11.8. The van der Waals surface area contributed by atoms with E-state index < -0.39 is 17.6 Å². The first-order chi connectivity index (χ1) is 8.16. The fraction of sp³-hybridized carbons (Fsp3) is 0.143. The number of nitrogens with two attached hydrogens (primary N) is 1. The molecule has 0 amide bonds. The van der Waals surface area contributed by atoms with Crippen LogP contribution in [0.4, 0.5) is 0 Å². The van der Waals surface area contributed by atoms with Crippen LogP contribution in [0.3, 0.4) is 0 Å². The zero-order valence-corrected chi connectivity index (χ0v) is 9.14. The molecule has 3 nitrogen and oxygen atoms in total. The van der Waals surface area contributed by atoms with Crippen molar-refractivity contribution in [1.29, 1.82) is 0 Å². The van der Waals surface area contributed by atoms with Gasteiger partial charge in [-0.1, -0.05) is 30.3 Å². The summed E-state index contributed by atoms with van der Waals surface area (Å²) in [7, 11) is 0. The molecule has 0 fully saturated rings. The molecule has 0 heterocycles. The molecule has 2 N–H and O–H groups in total.